The molecule has 3 heteroatoms. The van der Waals surface area contributed by atoms with Crippen LogP contribution in [0.3, 0.4) is 0 Å². The SMILES string of the molecule is CCN(CC)c1ccc([Si](Cl)c2ccccc2)cc1. The molecule has 0 spiro atoms. The van der Waals surface area contributed by atoms with Crippen LogP contribution in [0.15, 0.2) is 54.6 Å². The molecule has 1 nitrogen and oxygen atoms in total. The molecule has 1 radical (unpaired) electrons. The highest BCUT2D eigenvalue weighted by Crippen LogP contribution is 2.12. The molecule has 2 aromatic carbocycles. The van der Waals surface area contributed by atoms with Gasteiger partial charge in [0.05, 0.1) is 0 Å². The summed E-state index contributed by atoms with van der Waals surface area (Å²) in [4.78, 5) is 2.34. The van der Waals surface area contributed by atoms with Crippen LogP contribution in [0.5, 0.6) is 0 Å². The first-order valence-corrected chi connectivity index (χ1v) is 9.20. The summed E-state index contributed by atoms with van der Waals surface area (Å²) in [6, 6.07) is 19.0. The van der Waals surface area contributed by atoms with Gasteiger partial charge in [0, 0.05) is 18.8 Å². The maximum Gasteiger partial charge on any atom is 0.234 e. The molecule has 0 atom stereocenters. The van der Waals surface area contributed by atoms with E-state index in [1.807, 2.05) is 18.2 Å². The lowest BCUT2D eigenvalue weighted by molar-refractivity contribution is 0.866. The molecule has 0 saturated carbocycles. The Balaban J connectivity index is 2.19. The highest BCUT2D eigenvalue weighted by atomic mass is 35.6. The minimum absolute atomic E-state index is 1.03. The fourth-order valence-electron chi connectivity index (χ4n) is 2.16. The Kier molecular flexibility index (Phi) is 5.05. The molecular formula is C16H19ClNSi. The van der Waals surface area contributed by atoms with E-state index in [1.165, 1.54) is 16.1 Å². The Labute approximate surface area is 122 Å². The van der Waals surface area contributed by atoms with Crippen molar-refractivity contribution in [3.63, 3.8) is 0 Å². The summed E-state index contributed by atoms with van der Waals surface area (Å²) in [6.45, 7) is 6.43. The van der Waals surface area contributed by atoms with Crippen LogP contribution in [-0.4, -0.2) is 21.2 Å². The number of hydrogen-bond acceptors (Lipinski definition) is 1. The van der Waals surface area contributed by atoms with E-state index in [0.29, 0.717) is 0 Å². The number of benzene rings is 2. The minimum atomic E-state index is -1.15. The fraction of sp³-hybridized carbons (Fsp3) is 0.250. The summed E-state index contributed by atoms with van der Waals surface area (Å²) in [7, 11) is -1.15. The van der Waals surface area contributed by atoms with Gasteiger partial charge in [-0.05, 0) is 36.4 Å². The third-order valence-corrected chi connectivity index (χ3v) is 6.27. The Morgan fingerprint density at radius 2 is 1.37 bits per heavy atom. The topological polar surface area (TPSA) is 3.24 Å². The van der Waals surface area contributed by atoms with Crippen molar-refractivity contribution < 1.29 is 0 Å². The average Bonchev–Trinajstić information content (AvgIpc) is 2.49. The van der Waals surface area contributed by atoms with Crippen LogP contribution in [0.25, 0.3) is 0 Å². The molecule has 19 heavy (non-hydrogen) atoms. The summed E-state index contributed by atoms with van der Waals surface area (Å²) >= 11 is 6.62. The van der Waals surface area contributed by atoms with Gasteiger partial charge in [0.25, 0.3) is 0 Å². The van der Waals surface area contributed by atoms with E-state index >= 15 is 0 Å². The van der Waals surface area contributed by atoms with Crippen LogP contribution in [-0.2, 0) is 0 Å². The van der Waals surface area contributed by atoms with Gasteiger partial charge in [-0.15, -0.1) is 0 Å². The molecule has 0 bridgehead atoms. The zero-order valence-corrected chi connectivity index (χ0v) is 13.2. The monoisotopic (exact) mass is 288 g/mol. The van der Waals surface area contributed by atoms with Crippen molar-refractivity contribution >= 4 is 35.2 Å². The van der Waals surface area contributed by atoms with Gasteiger partial charge in [0.2, 0.25) is 8.11 Å². The normalized spacial score (nSPS) is 10.7. The van der Waals surface area contributed by atoms with Crippen LogP contribution >= 0.6 is 11.1 Å². The highest BCUT2D eigenvalue weighted by Gasteiger charge is 2.14. The molecule has 99 valence electrons. The molecule has 0 aromatic heterocycles. The maximum atomic E-state index is 6.62. The first-order valence-electron chi connectivity index (χ1n) is 6.69. The van der Waals surface area contributed by atoms with Crippen molar-refractivity contribution in [3.8, 4) is 0 Å². The molecule has 0 unspecified atom stereocenters. The zero-order valence-electron chi connectivity index (χ0n) is 11.4. The van der Waals surface area contributed by atoms with Crippen LogP contribution in [0.2, 0.25) is 0 Å². The van der Waals surface area contributed by atoms with E-state index < -0.39 is 8.11 Å². The predicted molar refractivity (Wildman–Crippen MR) is 87.3 cm³/mol. The maximum absolute atomic E-state index is 6.62. The molecule has 0 aliphatic carbocycles. The molecule has 0 heterocycles. The second kappa shape index (κ2) is 6.78. The van der Waals surface area contributed by atoms with E-state index in [-0.39, 0.29) is 0 Å². The van der Waals surface area contributed by atoms with E-state index in [0.717, 1.165) is 13.1 Å². The Hall–Kier alpha value is -1.25. The van der Waals surface area contributed by atoms with Gasteiger partial charge in [-0.2, -0.15) is 11.1 Å². The summed E-state index contributed by atoms with van der Waals surface area (Å²) in [5.41, 5.74) is 1.27. The van der Waals surface area contributed by atoms with Crippen molar-refractivity contribution in [3.05, 3.63) is 54.6 Å². The summed E-state index contributed by atoms with van der Waals surface area (Å²) < 4.78 is 0. The molecule has 0 aliphatic rings. The number of anilines is 1. The van der Waals surface area contributed by atoms with Crippen molar-refractivity contribution in [1.29, 1.82) is 0 Å². The predicted octanol–water partition coefficient (Wildman–Crippen LogP) is 2.88. The van der Waals surface area contributed by atoms with Crippen LogP contribution in [0.4, 0.5) is 5.69 Å². The van der Waals surface area contributed by atoms with Gasteiger partial charge in [-0.1, -0.05) is 42.5 Å². The fourth-order valence-corrected chi connectivity index (χ4v) is 4.19. The number of hydrogen-bond donors (Lipinski definition) is 0. The molecule has 0 N–H and O–H groups in total. The van der Waals surface area contributed by atoms with Gasteiger partial charge in [-0.25, -0.2) is 0 Å². The van der Waals surface area contributed by atoms with Crippen LogP contribution in [0.1, 0.15) is 13.8 Å². The Morgan fingerprint density at radius 3 is 1.89 bits per heavy atom. The quantitative estimate of drug-likeness (QED) is 0.604. The van der Waals surface area contributed by atoms with Gasteiger partial charge in [-0.3, -0.25) is 0 Å². The average molecular weight is 289 g/mol. The number of halogens is 1. The molecule has 2 rings (SSSR count). The number of nitrogens with zero attached hydrogens (tertiary/aromatic N) is 1. The number of rotatable bonds is 5. The van der Waals surface area contributed by atoms with Gasteiger partial charge < -0.3 is 4.90 Å². The third kappa shape index (κ3) is 3.40. The minimum Gasteiger partial charge on any atom is -0.372 e. The Bertz CT molecular complexity index is 494. The second-order valence-electron chi connectivity index (χ2n) is 4.40. The third-order valence-electron chi connectivity index (χ3n) is 3.28. The standard InChI is InChI=1S/C16H19ClNSi/c1-3-18(4-2)14-10-12-16(13-11-14)19(17)15-8-6-5-7-9-15/h5-13H,3-4H2,1-2H3. The molecule has 0 fully saturated rings. The first kappa shape index (κ1) is 14.2. The molecule has 0 aliphatic heterocycles. The molecule has 0 amide bonds. The van der Waals surface area contributed by atoms with E-state index in [1.54, 1.807) is 0 Å². The summed E-state index contributed by atoms with van der Waals surface area (Å²) in [6.07, 6.45) is 0. The van der Waals surface area contributed by atoms with Crippen molar-refractivity contribution in [2.45, 2.75) is 13.8 Å². The molecular weight excluding hydrogens is 270 g/mol. The van der Waals surface area contributed by atoms with Gasteiger partial charge in [0.1, 0.15) is 0 Å². The second-order valence-corrected chi connectivity index (χ2v) is 7.32. The summed E-state index contributed by atoms with van der Waals surface area (Å²) in [5, 5.41) is 2.48. The summed E-state index contributed by atoms with van der Waals surface area (Å²) in [5.74, 6) is 0. The lowest BCUT2D eigenvalue weighted by Gasteiger charge is -2.21. The van der Waals surface area contributed by atoms with E-state index in [9.17, 15) is 0 Å². The van der Waals surface area contributed by atoms with Crippen molar-refractivity contribution in [2.75, 3.05) is 18.0 Å². The lowest BCUT2D eigenvalue weighted by Crippen LogP contribution is -2.37. The zero-order chi connectivity index (χ0) is 13.7. The van der Waals surface area contributed by atoms with Crippen molar-refractivity contribution in [1.82, 2.24) is 0 Å². The first-order chi connectivity index (χ1) is 9.26. The lowest BCUT2D eigenvalue weighted by atomic mass is 10.3. The smallest absolute Gasteiger partial charge is 0.234 e. The molecule has 0 saturated heterocycles. The van der Waals surface area contributed by atoms with Gasteiger partial charge >= 0.3 is 0 Å². The van der Waals surface area contributed by atoms with Crippen molar-refractivity contribution in [2.24, 2.45) is 0 Å². The molecule has 2 aromatic rings. The van der Waals surface area contributed by atoms with E-state index in [2.05, 4.69) is 55.1 Å². The highest BCUT2D eigenvalue weighted by molar-refractivity contribution is 7.21. The Morgan fingerprint density at radius 1 is 0.842 bits per heavy atom. The largest absolute Gasteiger partial charge is 0.372 e. The van der Waals surface area contributed by atoms with Crippen LogP contribution < -0.4 is 15.3 Å². The van der Waals surface area contributed by atoms with E-state index in [4.69, 9.17) is 11.1 Å². The van der Waals surface area contributed by atoms with Gasteiger partial charge in [0.15, 0.2) is 0 Å². The van der Waals surface area contributed by atoms with Crippen LogP contribution in [0, 0.1) is 0 Å².